The lowest BCUT2D eigenvalue weighted by molar-refractivity contribution is -0.117. The van der Waals surface area contributed by atoms with Crippen LogP contribution in [0.1, 0.15) is 12.5 Å². The average Bonchev–Trinajstić information content (AvgIpc) is 2.75. The van der Waals surface area contributed by atoms with Gasteiger partial charge in [-0.1, -0.05) is 61.5 Å². The van der Waals surface area contributed by atoms with E-state index in [4.69, 9.17) is 0 Å². The van der Waals surface area contributed by atoms with Gasteiger partial charge in [0.05, 0.1) is 5.69 Å². The smallest absolute Gasteiger partial charge is 0.267 e. The molecule has 0 saturated carbocycles. The van der Waals surface area contributed by atoms with Crippen LogP contribution in [0, 0.1) is 0 Å². The van der Waals surface area contributed by atoms with Crippen molar-refractivity contribution >= 4 is 22.4 Å². The fourth-order valence-corrected chi connectivity index (χ4v) is 3.34. The second kappa shape index (κ2) is 8.10. The number of hydrogen-bond donors (Lipinski definition) is 1. The first-order chi connectivity index (χ1) is 14.1. The number of fused-ring (bicyclic) bond motifs is 1. The third-order valence-electron chi connectivity index (χ3n) is 4.88. The quantitative estimate of drug-likeness (QED) is 0.560. The number of amides is 1. The number of carbonyl (C=O) groups excluding carboxylic acids is 1. The van der Waals surface area contributed by atoms with Gasteiger partial charge in [0.2, 0.25) is 5.91 Å². The standard InChI is InChI=1S/C24H21N3O2/c1-2-17-7-5-6-10-21(17)25-23(28)16-27-24(29)14-13-22(26-27)20-12-11-18-8-3-4-9-19(18)15-20/h3-15H,2,16H2,1H3,(H,25,28). The lowest BCUT2D eigenvalue weighted by Gasteiger charge is -2.11. The number of carbonyl (C=O) groups is 1. The molecule has 0 aliphatic rings. The number of hydrogen-bond acceptors (Lipinski definition) is 3. The molecule has 1 N–H and O–H groups in total. The minimum Gasteiger partial charge on any atom is -0.324 e. The monoisotopic (exact) mass is 383 g/mol. The second-order valence-corrected chi connectivity index (χ2v) is 6.84. The summed E-state index contributed by atoms with van der Waals surface area (Å²) in [7, 11) is 0. The Balaban J connectivity index is 1.59. The molecule has 0 spiro atoms. The van der Waals surface area contributed by atoms with Crippen LogP contribution in [0.15, 0.2) is 83.7 Å². The first kappa shape index (κ1) is 18.6. The van der Waals surface area contributed by atoms with Gasteiger partial charge in [0.15, 0.2) is 0 Å². The summed E-state index contributed by atoms with van der Waals surface area (Å²) < 4.78 is 1.20. The Morgan fingerprint density at radius 1 is 0.931 bits per heavy atom. The third-order valence-corrected chi connectivity index (χ3v) is 4.88. The van der Waals surface area contributed by atoms with Crippen LogP contribution >= 0.6 is 0 Å². The van der Waals surface area contributed by atoms with Gasteiger partial charge in [-0.2, -0.15) is 5.10 Å². The zero-order valence-electron chi connectivity index (χ0n) is 16.1. The topological polar surface area (TPSA) is 64.0 Å². The first-order valence-electron chi connectivity index (χ1n) is 9.59. The van der Waals surface area contributed by atoms with Crippen LogP contribution in [-0.4, -0.2) is 15.7 Å². The molecule has 144 valence electrons. The maximum atomic E-state index is 12.5. The van der Waals surface area contributed by atoms with Crippen molar-refractivity contribution in [2.45, 2.75) is 19.9 Å². The molecule has 1 aromatic heterocycles. The Bertz CT molecular complexity index is 1240. The van der Waals surface area contributed by atoms with Crippen molar-refractivity contribution in [3.05, 3.63) is 94.8 Å². The van der Waals surface area contributed by atoms with Crippen LogP contribution < -0.4 is 10.9 Å². The molecule has 0 aliphatic heterocycles. The molecule has 29 heavy (non-hydrogen) atoms. The Hall–Kier alpha value is -3.73. The van der Waals surface area contributed by atoms with Crippen molar-refractivity contribution < 1.29 is 4.79 Å². The van der Waals surface area contributed by atoms with Crippen molar-refractivity contribution in [3.63, 3.8) is 0 Å². The summed E-state index contributed by atoms with van der Waals surface area (Å²) in [5.74, 6) is -0.281. The van der Waals surface area contributed by atoms with Crippen LogP contribution in [-0.2, 0) is 17.8 Å². The highest BCUT2D eigenvalue weighted by Crippen LogP contribution is 2.22. The SMILES string of the molecule is CCc1ccccc1NC(=O)Cn1nc(-c2ccc3ccccc3c2)ccc1=O. The predicted octanol–water partition coefficient (Wildman–Crippen LogP) is 4.26. The molecule has 4 rings (SSSR count). The number of rotatable bonds is 5. The van der Waals surface area contributed by atoms with Gasteiger partial charge in [0.25, 0.3) is 5.56 Å². The van der Waals surface area contributed by atoms with Crippen molar-refractivity contribution in [1.29, 1.82) is 0 Å². The van der Waals surface area contributed by atoms with Crippen LogP contribution in [0.3, 0.4) is 0 Å². The largest absolute Gasteiger partial charge is 0.324 e. The van der Waals surface area contributed by atoms with Crippen LogP contribution in [0.4, 0.5) is 5.69 Å². The minimum atomic E-state index is -0.312. The number of nitrogens with zero attached hydrogens (tertiary/aromatic N) is 2. The van der Waals surface area contributed by atoms with Gasteiger partial charge in [-0.25, -0.2) is 4.68 Å². The summed E-state index contributed by atoms with van der Waals surface area (Å²) in [6.07, 6.45) is 0.812. The Morgan fingerprint density at radius 2 is 1.69 bits per heavy atom. The van der Waals surface area contributed by atoms with Crippen molar-refractivity contribution in [1.82, 2.24) is 9.78 Å². The number of benzene rings is 3. The van der Waals surface area contributed by atoms with E-state index in [1.165, 1.54) is 10.7 Å². The van der Waals surface area contributed by atoms with E-state index in [1.54, 1.807) is 6.07 Å². The molecule has 5 heteroatoms. The number of anilines is 1. The van der Waals surface area contributed by atoms with Gasteiger partial charge >= 0.3 is 0 Å². The maximum absolute atomic E-state index is 12.5. The molecule has 1 amide bonds. The first-order valence-corrected chi connectivity index (χ1v) is 9.59. The van der Waals surface area contributed by atoms with Gasteiger partial charge in [0, 0.05) is 17.3 Å². The molecule has 4 aromatic rings. The summed E-state index contributed by atoms with van der Waals surface area (Å²) in [4.78, 5) is 24.8. The lowest BCUT2D eigenvalue weighted by Crippen LogP contribution is -2.29. The maximum Gasteiger partial charge on any atom is 0.267 e. The highest BCUT2D eigenvalue weighted by atomic mass is 16.2. The van der Waals surface area contributed by atoms with E-state index in [0.717, 1.165) is 34.0 Å². The van der Waals surface area contributed by atoms with E-state index in [9.17, 15) is 9.59 Å². The lowest BCUT2D eigenvalue weighted by atomic mass is 10.1. The molecule has 0 bridgehead atoms. The van der Waals surface area contributed by atoms with Crippen LogP contribution in [0.25, 0.3) is 22.0 Å². The van der Waals surface area contributed by atoms with Crippen molar-refractivity contribution in [3.8, 4) is 11.3 Å². The summed E-state index contributed by atoms with van der Waals surface area (Å²) in [6, 6.07) is 24.9. The highest BCUT2D eigenvalue weighted by Gasteiger charge is 2.10. The van der Waals surface area contributed by atoms with E-state index in [2.05, 4.69) is 10.4 Å². The summed E-state index contributed by atoms with van der Waals surface area (Å²) in [5, 5.41) is 9.53. The van der Waals surface area contributed by atoms with E-state index < -0.39 is 0 Å². The van der Waals surface area contributed by atoms with Gasteiger partial charge in [0.1, 0.15) is 6.54 Å². The van der Waals surface area contributed by atoms with Gasteiger partial charge in [-0.15, -0.1) is 0 Å². The molecule has 5 nitrogen and oxygen atoms in total. The van der Waals surface area contributed by atoms with Crippen LogP contribution in [0.2, 0.25) is 0 Å². The van der Waals surface area contributed by atoms with Gasteiger partial charge in [-0.3, -0.25) is 9.59 Å². The van der Waals surface area contributed by atoms with E-state index in [-0.39, 0.29) is 18.0 Å². The molecule has 0 saturated heterocycles. The summed E-state index contributed by atoms with van der Waals surface area (Å²) in [5.41, 5.74) is 3.05. The van der Waals surface area contributed by atoms with Crippen molar-refractivity contribution in [2.75, 3.05) is 5.32 Å². The molecule has 0 fully saturated rings. The fraction of sp³-hybridized carbons (Fsp3) is 0.125. The van der Waals surface area contributed by atoms with Gasteiger partial charge < -0.3 is 5.32 Å². The number of aromatic nitrogens is 2. The van der Waals surface area contributed by atoms with E-state index in [0.29, 0.717) is 5.69 Å². The zero-order valence-corrected chi connectivity index (χ0v) is 16.1. The average molecular weight is 383 g/mol. The summed E-state index contributed by atoms with van der Waals surface area (Å²) in [6.45, 7) is 1.89. The van der Waals surface area contributed by atoms with E-state index >= 15 is 0 Å². The number of aryl methyl sites for hydroxylation is 1. The fourth-order valence-electron chi connectivity index (χ4n) is 3.34. The minimum absolute atomic E-state index is 0.141. The third kappa shape index (κ3) is 4.09. The normalized spacial score (nSPS) is 10.8. The summed E-state index contributed by atoms with van der Waals surface area (Å²) >= 11 is 0. The zero-order chi connectivity index (χ0) is 20.2. The second-order valence-electron chi connectivity index (χ2n) is 6.84. The van der Waals surface area contributed by atoms with E-state index in [1.807, 2.05) is 73.7 Å². The predicted molar refractivity (Wildman–Crippen MR) is 116 cm³/mol. The molecule has 0 aliphatic carbocycles. The van der Waals surface area contributed by atoms with Crippen molar-refractivity contribution in [2.24, 2.45) is 0 Å². The molecule has 0 unspecified atom stereocenters. The molecule has 1 heterocycles. The Morgan fingerprint density at radius 3 is 2.52 bits per heavy atom. The highest BCUT2D eigenvalue weighted by molar-refractivity contribution is 5.91. The Labute approximate surface area is 168 Å². The Kier molecular flexibility index (Phi) is 5.20. The van der Waals surface area contributed by atoms with Crippen LogP contribution in [0.5, 0.6) is 0 Å². The number of nitrogens with one attached hydrogen (secondary N) is 1. The molecular formula is C24H21N3O2. The van der Waals surface area contributed by atoms with Gasteiger partial charge in [-0.05, 0) is 41.0 Å². The molecular weight excluding hydrogens is 362 g/mol. The number of para-hydroxylation sites is 1. The molecule has 0 radical (unpaired) electrons. The molecule has 3 aromatic carbocycles. The molecule has 0 atom stereocenters.